The van der Waals surface area contributed by atoms with E-state index in [0.717, 1.165) is 11.3 Å². The van der Waals surface area contributed by atoms with Crippen LogP contribution in [0.2, 0.25) is 0 Å². The molecule has 0 saturated carbocycles. The Hall–Kier alpha value is -3.41. The van der Waals surface area contributed by atoms with Gasteiger partial charge in [-0.25, -0.2) is 9.78 Å². The summed E-state index contributed by atoms with van der Waals surface area (Å²) in [5.74, 6) is 1.12. The number of para-hydroxylation sites is 2. The maximum absolute atomic E-state index is 12.3. The van der Waals surface area contributed by atoms with Crippen molar-refractivity contribution in [1.82, 2.24) is 14.9 Å². The normalized spacial score (nSPS) is 11.6. The molecular formula is C20H19N3O3. The molecule has 0 saturated heterocycles. The summed E-state index contributed by atoms with van der Waals surface area (Å²) in [5, 5.41) is 2.89. The Bertz CT molecular complexity index is 938. The summed E-state index contributed by atoms with van der Waals surface area (Å²) in [6, 6.07) is 18.3. The first-order valence-corrected chi connectivity index (χ1v) is 8.26. The summed E-state index contributed by atoms with van der Waals surface area (Å²) in [4.78, 5) is 27.5. The fourth-order valence-corrected chi connectivity index (χ4v) is 2.57. The van der Waals surface area contributed by atoms with Crippen molar-refractivity contribution in [2.75, 3.05) is 0 Å². The summed E-state index contributed by atoms with van der Waals surface area (Å²) in [6.07, 6.45) is 2.93. The van der Waals surface area contributed by atoms with Crippen LogP contribution in [0.15, 0.2) is 77.9 Å². The highest BCUT2D eigenvalue weighted by atomic mass is 16.5. The second kappa shape index (κ2) is 8.11. The van der Waals surface area contributed by atoms with Crippen LogP contribution in [0.5, 0.6) is 11.5 Å². The van der Waals surface area contributed by atoms with Crippen molar-refractivity contribution in [1.29, 1.82) is 0 Å². The van der Waals surface area contributed by atoms with Gasteiger partial charge in [-0.15, -0.1) is 0 Å². The van der Waals surface area contributed by atoms with Gasteiger partial charge in [0.15, 0.2) is 0 Å². The number of hydrogen-bond donors (Lipinski definition) is 1. The number of ether oxygens (including phenoxy) is 1. The summed E-state index contributed by atoms with van der Waals surface area (Å²) < 4.78 is 7.19. The SMILES string of the molecule is CC(NC(=O)Cn1cccnc1=O)c1ccccc1Oc1ccccc1. The van der Waals surface area contributed by atoms with Crippen molar-refractivity contribution in [2.45, 2.75) is 19.5 Å². The van der Waals surface area contributed by atoms with Crippen LogP contribution in [0.1, 0.15) is 18.5 Å². The van der Waals surface area contributed by atoms with Crippen LogP contribution in [-0.4, -0.2) is 15.5 Å². The molecule has 1 aromatic heterocycles. The minimum Gasteiger partial charge on any atom is -0.457 e. The topological polar surface area (TPSA) is 73.2 Å². The minimum absolute atomic E-state index is 0.0846. The highest BCUT2D eigenvalue weighted by molar-refractivity contribution is 5.76. The summed E-state index contributed by atoms with van der Waals surface area (Å²) in [5.41, 5.74) is 0.395. The average molecular weight is 349 g/mol. The van der Waals surface area contributed by atoms with E-state index in [1.54, 1.807) is 6.07 Å². The highest BCUT2D eigenvalue weighted by Gasteiger charge is 2.15. The number of carbonyl (C=O) groups is 1. The van der Waals surface area contributed by atoms with E-state index >= 15 is 0 Å². The van der Waals surface area contributed by atoms with Crippen LogP contribution in [0, 0.1) is 0 Å². The molecule has 0 spiro atoms. The molecule has 1 unspecified atom stereocenters. The van der Waals surface area contributed by atoms with Crippen LogP contribution in [0.3, 0.4) is 0 Å². The predicted molar refractivity (Wildman–Crippen MR) is 98.0 cm³/mol. The number of rotatable bonds is 6. The van der Waals surface area contributed by atoms with Crippen LogP contribution in [0.4, 0.5) is 0 Å². The number of nitrogens with zero attached hydrogens (tertiary/aromatic N) is 2. The van der Waals surface area contributed by atoms with E-state index in [1.807, 2.05) is 61.5 Å². The summed E-state index contributed by atoms with van der Waals surface area (Å²) in [6.45, 7) is 1.79. The van der Waals surface area contributed by atoms with Crippen LogP contribution >= 0.6 is 0 Å². The number of amides is 1. The third kappa shape index (κ3) is 4.36. The second-order valence-corrected chi connectivity index (χ2v) is 5.77. The van der Waals surface area contributed by atoms with Crippen molar-refractivity contribution in [3.8, 4) is 11.5 Å². The van der Waals surface area contributed by atoms with E-state index in [0.29, 0.717) is 5.75 Å². The van der Waals surface area contributed by atoms with E-state index in [1.165, 1.54) is 17.0 Å². The smallest absolute Gasteiger partial charge is 0.347 e. The lowest BCUT2D eigenvalue weighted by Crippen LogP contribution is -2.34. The monoisotopic (exact) mass is 349 g/mol. The third-order valence-corrected chi connectivity index (χ3v) is 3.83. The largest absolute Gasteiger partial charge is 0.457 e. The van der Waals surface area contributed by atoms with Crippen LogP contribution in [-0.2, 0) is 11.3 Å². The Balaban J connectivity index is 1.72. The molecule has 1 amide bonds. The molecule has 26 heavy (non-hydrogen) atoms. The molecule has 0 radical (unpaired) electrons. The number of benzene rings is 2. The summed E-state index contributed by atoms with van der Waals surface area (Å²) >= 11 is 0. The Morgan fingerprint density at radius 3 is 2.62 bits per heavy atom. The van der Waals surface area contributed by atoms with E-state index in [-0.39, 0.29) is 18.5 Å². The molecule has 0 aliphatic heterocycles. The molecule has 2 aromatic carbocycles. The third-order valence-electron chi connectivity index (χ3n) is 3.83. The predicted octanol–water partition coefficient (Wildman–Crippen LogP) is 2.91. The standard InChI is InChI=1S/C20H19N3O3/c1-15(22-19(24)14-23-13-7-12-21-20(23)25)17-10-5-6-11-18(17)26-16-8-3-2-4-9-16/h2-13,15H,14H2,1H3,(H,22,24). The fourth-order valence-electron chi connectivity index (χ4n) is 2.57. The van der Waals surface area contributed by atoms with E-state index < -0.39 is 5.69 Å². The lowest BCUT2D eigenvalue weighted by Gasteiger charge is -2.18. The number of nitrogens with one attached hydrogen (secondary N) is 1. The molecule has 1 atom stereocenters. The van der Waals surface area contributed by atoms with Gasteiger partial charge < -0.3 is 10.1 Å². The molecule has 1 heterocycles. The Labute approximate surface area is 151 Å². The zero-order valence-electron chi connectivity index (χ0n) is 14.3. The molecule has 0 bridgehead atoms. The first-order chi connectivity index (χ1) is 12.6. The number of aromatic nitrogens is 2. The zero-order valence-corrected chi connectivity index (χ0v) is 14.3. The average Bonchev–Trinajstić information content (AvgIpc) is 2.65. The fraction of sp³-hybridized carbons (Fsp3) is 0.150. The van der Waals surface area contributed by atoms with Gasteiger partial charge in [0.2, 0.25) is 5.91 Å². The number of hydrogen-bond acceptors (Lipinski definition) is 4. The molecule has 6 nitrogen and oxygen atoms in total. The maximum Gasteiger partial charge on any atom is 0.347 e. The van der Waals surface area contributed by atoms with Crippen molar-refractivity contribution >= 4 is 5.91 Å². The lowest BCUT2D eigenvalue weighted by molar-refractivity contribution is -0.122. The van der Waals surface area contributed by atoms with Crippen molar-refractivity contribution in [3.05, 3.63) is 89.1 Å². The van der Waals surface area contributed by atoms with Gasteiger partial charge in [-0.05, 0) is 31.2 Å². The molecule has 3 aromatic rings. The summed E-state index contributed by atoms with van der Waals surface area (Å²) in [7, 11) is 0. The molecule has 1 N–H and O–H groups in total. The van der Waals surface area contributed by atoms with E-state index in [4.69, 9.17) is 4.74 Å². The molecular weight excluding hydrogens is 330 g/mol. The minimum atomic E-state index is -0.455. The first kappa shape index (κ1) is 17.4. The quantitative estimate of drug-likeness (QED) is 0.743. The molecule has 0 aliphatic rings. The van der Waals surface area contributed by atoms with Gasteiger partial charge in [-0.1, -0.05) is 36.4 Å². The van der Waals surface area contributed by atoms with Gasteiger partial charge in [0.05, 0.1) is 6.04 Å². The maximum atomic E-state index is 12.3. The van der Waals surface area contributed by atoms with Crippen LogP contribution in [0.25, 0.3) is 0 Å². The number of carbonyl (C=O) groups excluding carboxylic acids is 1. The van der Waals surface area contributed by atoms with Gasteiger partial charge in [0.1, 0.15) is 18.0 Å². The van der Waals surface area contributed by atoms with Crippen molar-refractivity contribution in [3.63, 3.8) is 0 Å². The molecule has 0 aliphatic carbocycles. The zero-order chi connectivity index (χ0) is 18.4. The lowest BCUT2D eigenvalue weighted by atomic mass is 10.1. The Kier molecular flexibility index (Phi) is 5.43. The first-order valence-electron chi connectivity index (χ1n) is 8.26. The van der Waals surface area contributed by atoms with Gasteiger partial charge >= 0.3 is 5.69 Å². The Morgan fingerprint density at radius 2 is 1.85 bits per heavy atom. The van der Waals surface area contributed by atoms with Crippen LogP contribution < -0.4 is 15.7 Å². The van der Waals surface area contributed by atoms with Crippen molar-refractivity contribution in [2.24, 2.45) is 0 Å². The molecule has 132 valence electrons. The van der Waals surface area contributed by atoms with Gasteiger partial charge in [0.25, 0.3) is 0 Å². The Morgan fingerprint density at radius 1 is 1.12 bits per heavy atom. The van der Waals surface area contributed by atoms with E-state index in [2.05, 4.69) is 10.3 Å². The molecule has 3 rings (SSSR count). The van der Waals surface area contributed by atoms with E-state index in [9.17, 15) is 9.59 Å². The van der Waals surface area contributed by atoms with Crippen molar-refractivity contribution < 1.29 is 9.53 Å². The van der Waals surface area contributed by atoms with Gasteiger partial charge in [-0.3, -0.25) is 9.36 Å². The molecule has 0 fully saturated rings. The highest BCUT2D eigenvalue weighted by Crippen LogP contribution is 2.29. The molecule has 6 heteroatoms. The second-order valence-electron chi connectivity index (χ2n) is 5.77. The van der Waals surface area contributed by atoms with Gasteiger partial charge in [0, 0.05) is 18.0 Å². The van der Waals surface area contributed by atoms with Gasteiger partial charge in [-0.2, -0.15) is 0 Å².